The van der Waals surface area contributed by atoms with E-state index in [1.165, 1.54) is 0 Å². The van der Waals surface area contributed by atoms with Crippen LogP contribution in [0.2, 0.25) is 0 Å². The number of hydrogen-bond acceptors (Lipinski definition) is 5. The van der Waals surface area contributed by atoms with E-state index in [2.05, 4.69) is 22.3 Å². The van der Waals surface area contributed by atoms with Crippen molar-refractivity contribution in [2.75, 3.05) is 31.1 Å². The molecule has 102 valence electrons. The van der Waals surface area contributed by atoms with Gasteiger partial charge in [0.2, 0.25) is 0 Å². The van der Waals surface area contributed by atoms with Crippen LogP contribution in [0, 0.1) is 0 Å². The van der Waals surface area contributed by atoms with Gasteiger partial charge in [-0.25, -0.2) is 0 Å². The van der Waals surface area contributed by atoms with Gasteiger partial charge in [0.15, 0.2) is 5.76 Å². The van der Waals surface area contributed by atoms with Crippen molar-refractivity contribution in [2.45, 2.75) is 26.4 Å². The fraction of sp³-hybridized carbons (Fsp3) is 0.750. The van der Waals surface area contributed by atoms with Crippen LogP contribution in [-0.4, -0.2) is 45.4 Å². The fourth-order valence-electron chi connectivity index (χ4n) is 1.96. The van der Waals surface area contributed by atoms with E-state index >= 15 is 0 Å². The van der Waals surface area contributed by atoms with Crippen LogP contribution < -0.4 is 5.32 Å². The Kier molecular flexibility index (Phi) is 5.34. The second kappa shape index (κ2) is 7.01. The third kappa shape index (κ3) is 4.19. The molecule has 2 heterocycles. The van der Waals surface area contributed by atoms with Gasteiger partial charge in [-0.05, 0) is 13.0 Å². The molecule has 0 amide bonds. The molecule has 0 unspecified atom stereocenters. The van der Waals surface area contributed by atoms with E-state index < -0.39 is 10.8 Å². The first-order valence-corrected chi connectivity index (χ1v) is 7.99. The highest BCUT2D eigenvalue weighted by Crippen LogP contribution is 2.09. The summed E-state index contributed by atoms with van der Waals surface area (Å²) in [6, 6.07) is 2.01. The maximum Gasteiger partial charge on any atom is 0.151 e. The van der Waals surface area contributed by atoms with Crippen molar-refractivity contribution in [1.82, 2.24) is 15.4 Å². The van der Waals surface area contributed by atoms with Gasteiger partial charge >= 0.3 is 0 Å². The molecule has 5 nitrogen and oxygen atoms in total. The van der Waals surface area contributed by atoms with Crippen molar-refractivity contribution in [3.05, 3.63) is 17.5 Å². The van der Waals surface area contributed by atoms with Gasteiger partial charge < -0.3 is 9.84 Å². The Labute approximate surface area is 110 Å². The average molecular weight is 271 g/mol. The molecule has 18 heavy (non-hydrogen) atoms. The molecule has 1 fully saturated rings. The fourth-order valence-corrected chi connectivity index (χ4v) is 3.09. The normalized spacial score (nSPS) is 18.3. The maximum atomic E-state index is 11.3. The molecule has 0 spiro atoms. The van der Waals surface area contributed by atoms with Gasteiger partial charge in [0, 0.05) is 48.0 Å². The van der Waals surface area contributed by atoms with E-state index in [9.17, 15) is 4.21 Å². The summed E-state index contributed by atoms with van der Waals surface area (Å²) in [7, 11) is -0.617. The highest BCUT2D eigenvalue weighted by molar-refractivity contribution is 7.85. The molecule has 1 aromatic heterocycles. The van der Waals surface area contributed by atoms with Crippen LogP contribution in [0.25, 0.3) is 0 Å². The molecule has 0 aliphatic carbocycles. The third-order valence-corrected chi connectivity index (χ3v) is 4.27. The van der Waals surface area contributed by atoms with Gasteiger partial charge in [-0.1, -0.05) is 12.1 Å². The molecule has 0 radical (unpaired) electrons. The zero-order valence-corrected chi connectivity index (χ0v) is 11.7. The van der Waals surface area contributed by atoms with Crippen molar-refractivity contribution in [2.24, 2.45) is 0 Å². The number of nitrogens with zero attached hydrogens (tertiary/aromatic N) is 2. The van der Waals surface area contributed by atoms with E-state index in [0.717, 1.165) is 62.1 Å². The first-order chi connectivity index (χ1) is 8.78. The zero-order valence-electron chi connectivity index (χ0n) is 10.9. The molecule has 1 aliphatic rings. The first kappa shape index (κ1) is 13.7. The van der Waals surface area contributed by atoms with E-state index in [1.54, 1.807) is 0 Å². The molecular weight excluding hydrogens is 250 g/mol. The van der Waals surface area contributed by atoms with Crippen molar-refractivity contribution in [1.29, 1.82) is 0 Å². The molecule has 1 aliphatic heterocycles. The van der Waals surface area contributed by atoms with Crippen LogP contribution in [-0.2, 0) is 23.9 Å². The van der Waals surface area contributed by atoms with Gasteiger partial charge in [0.25, 0.3) is 0 Å². The smallest absolute Gasteiger partial charge is 0.151 e. The van der Waals surface area contributed by atoms with Gasteiger partial charge in [0.1, 0.15) is 0 Å². The summed E-state index contributed by atoms with van der Waals surface area (Å²) < 4.78 is 16.6. The quantitative estimate of drug-likeness (QED) is 0.773. The average Bonchev–Trinajstić information content (AvgIpc) is 2.80. The topological polar surface area (TPSA) is 58.4 Å². The summed E-state index contributed by atoms with van der Waals surface area (Å²) >= 11 is 0. The second-order valence-electron chi connectivity index (χ2n) is 4.59. The Hall–Kier alpha value is -0.720. The number of hydrogen-bond donors (Lipinski definition) is 1. The summed E-state index contributed by atoms with van der Waals surface area (Å²) in [5.74, 6) is 2.45. The summed E-state index contributed by atoms with van der Waals surface area (Å²) in [5.41, 5.74) is 0.957. The second-order valence-corrected chi connectivity index (χ2v) is 6.28. The minimum atomic E-state index is -0.617. The summed E-state index contributed by atoms with van der Waals surface area (Å²) in [4.78, 5) is 2.27. The zero-order chi connectivity index (χ0) is 12.8. The lowest BCUT2D eigenvalue weighted by atomic mass is 10.3. The highest BCUT2D eigenvalue weighted by Gasteiger charge is 2.16. The Bertz CT molecular complexity index is 384. The summed E-state index contributed by atoms with van der Waals surface area (Å²) in [6.45, 7) is 6.45. The van der Waals surface area contributed by atoms with E-state index in [1.807, 2.05) is 6.07 Å². The Balaban J connectivity index is 1.77. The third-order valence-electron chi connectivity index (χ3n) is 2.99. The van der Waals surface area contributed by atoms with E-state index in [-0.39, 0.29) is 0 Å². The predicted octanol–water partition coefficient (Wildman–Crippen LogP) is 0.738. The summed E-state index contributed by atoms with van der Waals surface area (Å²) in [6.07, 6.45) is 1.12. The number of aromatic nitrogens is 1. The molecular formula is C12H21N3O2S. The van der Waals surface area contributed by atoms with Gasteiger partial charge in [-0.3, -0.25) is 9.11 Å². The maximum absolute atomic E-state index is 11.3. The lowest BCUT2D eigenvalue weighted by Crippen LogP contribution is -2.37. The summed E-state index contributed by atoms with van der Waals surface area (Å²) in [5, 5.41) is 7.34. The molecule has 0 atom stereocenters. The lowest BCUT2D eigenvalue weighted by molar-refractivity contribution is 0.248. The lowest BCUT2D eigenvalue weighted by Gasteiger charge is -2.24. The minimum absolute atomic E-state index is 0.617. The molecule has 1 aromatic rings. The molecule has 0 saturated carbocycles. The molecule has 0 aromatic carbocycles. The van der Waals surface area contributed by atoms with Crippen LogP contribution in [0.5, 0.6) is 0 Å². The van der Waals surface area contributed by atoms with Crippen molar-refractivity contribution in [3.8, 4) is 0 Å². The molecule has 6 heteroatoms. The van der Waals surface area contributed by atoms with Crippen molar-refractivity contribution >= 4 is 10.8 Å². The number of rotatable bonds is 6. The van der Waals surface area contributed by atoms with Gasteiger partial charge in [0.05, 0.1) is 12.2 Å². The van der Waals surface area contributed by atoms with Crippen LogP contribution in [0.15, 0.2) is 10.6 Å². The number of nitrogens with one attached hydrogen (secondary N) is 1. The van der Waals surface area contributed by atoms with Crippen molar-refractivity contribution < 1.29 is 8.73 Å². The van der Waals surface area contributed by atoms with E-state index in [0.29, 0.717) is 0 Å². The standard InChI is InChI=1S/C12H21N3O2S/c1-2-3-13-9-11-8-12(17-14-11)10-15-4-6-18(16)7-5-15/h8,13H,2-7,9-10H2,1H3. The Morgan fingerprint density at radius 3 is 3.00 bits per heavy atom. The van der Waals surface area contributed by atoms with Gasteiger partial charge in [-0.15, -0.1) is 0 Å². The Morgan fingerprint density at radius 2 is 2.28 bits per heavy atom. The first-order valence-electron chi connectivity index (χ1n) is 6.50. The highest BCUT2D eigenvalue weighted by atomic mass is 32.2. The van der Waals surface area contributed by atoms with Crippen LogP contribution in [0.1, 0.15) is 24.8 Å². The molecule has 1 saturated heterocycles. The monoisotopic (exact) mass is 271 g/mol. The molecule has 2 rings (SSSR count). The molecule has 1 N–H and O–H groups in total. The molecule has 0 bridgehead atoms. The van der Waals surface area contributed by atoms with Crippen molar-refractivity contribution in [3.63, 3.8) is 0 Å². The minimum Gasteiger partial charge on any atom is -0.360 e. The van der Waals surface area contributed by atoms with Gasteiger partial charge in [-0.2, -0.15) is 0 Å². The van der Waals surface area contributed by atoms with Crippen LogP contribution >= 0.6 is 0 Å². The largest absolute Gasteiger partial charge is 0.360 e. The predicted molar refractivity (Wildman–Crippen MR) is 71.7 cm³/mol. The van der Waals surface area contributed by atoms with E-state index in [4.69, 9.17) is 4.52 Å². The van der Waals surface area contributed by atoms with Crippen LogP contribution in [0.3, 0.4) is 0 Å². The van der Waals surface area contributed by atoms with Crippen LogP contribution in [0.4, 0.5) is 0 Å². The Morgan fingerprint density at radius 1 is 1.50 bits per heavy atom. The SMILES string of the molecule is CCCNCc1cc(CN2CCS(=O)CC2)on1.